The molecule has 0 rings (SSSR count). The number of carboxylic acid groups (broad SMARTS) is 1. The molecule has 1 N–H and O–H groups in total. The third-order valence-electron chi connectivity index (χ3n) is 2.29. The molecule has 0 amide bonds. The van der Waals surface area contributed by atoms with Gasteiger partial charge < -0.3 is 14.6 Å². The minimum absolute atomic E-state index is 0.0366. The van der Waals surface area contributed by atoms with E-state index in [-0.39, 0.29) is 19.4 Å². The summed E-state index contributed by atoms with van der Waals surface area (Å²) in [5.74, 6) is -2.56. The Labute approximate surface area is 111 Å². The molecule has 0 aliphatic rings. The van der Waals surface area contributed by atoms with Gasteiger partial charge in [0.1, 0.15) is 0 Å². The monoisotopic (exact) mass is 270 g/mol. The maximum Gasteiger partial charge on any atom is 0.347 e. The lowest BCUT2D eigenvalue weighted by Crippen LogP contribution is -2.40. The second-order valence-electron chi connectivity index (χ2n) is 3.93. The second-order valence-corrected chi connectivity index (χ2v) is 3.93. The fourth-order valence-electron chi connectivity index (χ4n) is 1.23. The van der Waals surface area contributed by atoms with Crippen LogP contribution in [0.4, 0.5) is 0 Å². The minimum Gasteiger partial charge on any atom is -0.478 e. The summed E-state index contributed by atoms with van der Waals surface area (Å²) in [6.07, 6.45) is 3.90. The van der Waals surface area contributed by atoms with Crippen molar-refractivity contribution in [1.29, 1.82) is 0 Å². The Kier molecular flexibility index (Phi) is 7.18. The quantitative estimate of drug-likeness (QED) is 0.408. The van der Waals surface area contributed by atoms with Crippen LogP contribution in [-0.4, -0.2) is 35.2 Å². The number of rotatable bonds is 8. The van der Waals surface area contributed by atoms with Crippen LogP contribution in [0.25, 0.3) is 0 Å². The molecule has 0 aromatic rings. The average Bonchev–Trinajstić information content (AvgIpc) is 2.34. The first-order chi connectivity index (χ1) is 8.85. The van der Waals surface area contributed by atoms with E-state index in [1.165, 1.54) is 13.0 Å². The molecule has 0 heterocycles. The van der Waals surface area contributed by atoms with Crippen LogP contribution in [0.3, 0.4) is 0 Å². The summed E-state index contributed by atoms with van der Waals surface area (Å²) in [7, 11) is 0. The maximum atomic E-state index is 11.3. The number of aliphatic carboxylic acids is 1. The fourth-order valence-corrected chi connectivity index (χ4v) is 1.23. The molecule has 6 nitrogen and oxygen atoms in total. The van der Waals surface area contributed by atoms with Crippen molar-refractivity contribution in [3.63, 3.8) is 0 Å². The summed E-state index contributed by atoms with van der Waals surface area (Å²) in [6.45, 7) is 6.18. The Morgan fingerprint density at radius 2 is 1.95 bits per heavy atom. The van der Waals surface area contributed by atoms with Crippen LogP contribution in [0.15, 0.2) is 24.8 Å². The molecule has 0 aromatic carbocycles. The molecule has 1 atom stereocenters. The molecule has 0 spiro atoms. The minimum atomic E-state index is -1.64. The van der Waals surface area contributed by atoms with E-state index in [1.807, 2.05) is 0 Å². The molecule has 0 bridgehead atoms. The molecule has 106 valence electrons. The van der Waals surface area contributed by atoms with Crippen molar-refractivity contribution in [3.05, 3.63) is 24.8 Å². The number of carboxylic acids is 1. The van der Waals surface area contributed by atoms with Gasteiger partial charge >= 0.3 is 17.9 Å². The largest absolute Gasteiger partial charge is 0.478 e. The zero-order valence-electron chi connectivity index (χ0n) is 11.0. The predicted molar refractivity (Wildman–Crippen MR) is 67.3 cm³/mol. The van der Waals surface area contributed by atoms with Crippen LogP contribution in [0.2, 0.25) is 0 Å². The molecular weight excluding hydrogens is 252 g/mol. The van der Waals surface area contributed by atoms with Gasteiger partial charge in [0.05, 0.1) is 6.61 Å². The SMILES string of the molecule is C=CC(=O)OCCCC(C)(OC(=O)C=CC)C(=O)O. The van der Waals surface area contributed by atoms with E-state index in [9.17, 15) is 14.4 Å². The van der Waals surface area contributed by atoms with E-state index >= 15 is 0 Å². The summed E-state index contributed by atoms with van der Waals surface area (Å²) < 4.78 is 9.60. The van der Waals surface area contributed by atoms with Crippen LogP contribution in [0, 0.1) is 0 Å². The number of allylic oxidation sites excluding steroid dienone is 1. The lowest BCUT2D eigenvalue weighted by molar-refractivity contribution is -0.174. The molecule has 0 saturated heterocycles. The topological polar surface area (TPSA) is 89.9 Å². The van der Waals surface area contributed by atoms with Crippen molar-refractivity contribution in [1.82, 2.24) is 0 Å². The number of esters is 2. The molecule has 19 heavy (non-hydrogen) atoms. The summed E-state index contributed by atoms with van der Waals surface area (Å²) in [5, 5.41) is 9.08. The van der Waals surface area contributed by atoms with Crippen molar-refractivity contribution in [2.45, 2.75) is 32.3 Å². The molecule has 0 aliphatic heterocycles. The van der Waals surface area contributed by atoms with Crippen LogP contribution < -0.4 is 0 Å². The first kappa shape index (κ1) is 16.9. The molecule has 0 radical (unpaired) electrons. The third kappa shape index (κ3) is 6.40. The lowest BCUT2D eigenvalue weighted by Gasteiger charge is -2.24. The Hall–Kier alpha value is -2.11. The van der Waals surface area contributed by atoms with Crippen LogP contribution in [0.1, 0.15) is 26.7 Å². The summed E-state index contributed by atoms with van der Waals surface area (Å²) in [6, 6.07) is 0. The van der Waals surface area contributed by atoms with Crippen molar-refractivity contribution in [2.75, 3.05) is 6.61 Å². The number of ether oxygens (including phenoxy) is 2. The normalized spacial score (nSPS) is 13.6. The van der Waals surface area contributed by atoms with Crippen molar-refractivity contribution >= 4 is 17.9 Å². The van der Waals surface area contributed by atoms with Gasteiger partial charge in [-0.2, -0.15) is 0 Å². The Balaban J connectivity index is 4.39. The Morgan fingerprint density at radius 3 is 2.42 bits per heavy atom. The molecule has 6 heteroatoms. The average molecular weight is 270 g/mol. The first-order valence-corrected chi connectivity index (χ1v) is 5.74. The number of hydrogen-bond acceptors (Lipinski definition) is 5. The van der Waals surface area contributed by atoms with Crippen molar-refractivity contribution < 1.29 is 29.0 Å². The highest BCUT2D eigenvalue weighted by Gasteiger charge is 2.36. The van der Waals surface area contributed by atoms with E-state index in [0.717, 1.165) is 12.2 Å². The van der Waals surface area contributed by atoms with Gasteiger partial charge in [0.15, 0.2) is 0 Å². The second kappa shape index (κ2) is 8.07. The van der Waals surface area contributed by atoms with Gasteiger partial charge in [-0.3, -0.25) is 0 Å². The zero-order chi connectivity index (χ0) is 14.9. The molecule has 0 saturated carbocycles. The van der Waals surface area contributed by atoms with E-state index in [0.29, 0.717) is 0 Å². The summed E-state index contributed by atoms with van der Waals surface area (Å²) in [4.78, 5) is 33.2. The predicted octanol–water partition coefficient (Wildman–Crippen LogP) is 1.46. The number of carbonyl (C=O) groups excluding carboxylic acids is 2. The smallest absolute Gasteiger partial charge is 0.347 e. The highest BCUT2D eigenvalue weighted by Crippen LogP contribution is 2.19. The van der Waals surface area contributed by atoms with E-state index in [1.54, 1.807) is 6.92 Å². The number of hydrogen-bond donors (Lipinski definition) is 1. The summed E-state index contributed by atoms with van der Waals surface area (Å²) in [5.41, 5.74) is -1.64. The Bertz CT molecular complexity index is 385. The van der Waals surface area contributed by atoms with Crippen LogP contribution >= 0.6 is 0 Å². The van der Waals surface area contributed by atoms with Gasteiger partial charge in [0, 0.05) is 18.6 Å². The fraction of sp³-hybridized carbons (Fsp3) is 0.462. The Morgan fingerprint density at radius 1 is 1.32 bits per heavy atom. The molecule has 0 fully saturated rings. The molecule has 1 unspecified atom stereocenters. The van der Waals surface area contributed by atoms with Gasteiger partial charge in [-0.15, -0.1) is 0 Å². The third-order valence-corrected chi connectivity index (χ3v) is 2.29. The van der Waals surface area contributed by atoms with Gasteiger partial charge in [0.25, 0.3) is 0 Å². The van der Waals surface area contributed by atoms with Gasteiger partial charge in [-0.25, -0.2) is 14.4 Å². The standard InChI is InChI=1S/C13H18O6/c1-4-7-11(15)19-13(3,12(16)17)8-6-9-18-10(14)5-2/h4-5,7H,2,6,8-9H2,1,3H3,(H,16,17). The highest BCUT2D eigenvalue weighted by molar-refractivity contribution is 5.86. The van der Waals surface area contributed by atoms with Gasteiger partial charge in [-0.1, -0.05) is 12.7 Å². The molecule has 0 aliphatic carbocycles. The highest BCUT2D eigenvalue weighted by atomic mass is 16.6. The molecular formula is C13H18O6. The van der Waals surface area contributed by atoms with Gasteiger partial charge in [-0.05, 0) is 20.3 Å². The molecule has 0 aromatic heterocycles. The van der Waals surface area contributed by atoms with Crippen molar-refractivity contribution in [2.24, 2.45) is 0 Å². The maximum absolute atomic E-state index is 11.3. The number of carbonyl (C=O) groups is 3. The first-order valence-electron chi connectivity index (χ1n) is 5.74. The van der Waals surface area contributed by atoms with E-state index < -0.39 is 23.5 Å². The van der Waals surface area contributed by atoms with E-state index in [4.69, 9.17) is 14.6 Å². The van der Waals surface area contributed by atoms with Crippen molar-refractivity contribution in [3.8, 4) is 0 Å². The lowest BCUT2D eigenvalue weighted by atomic mass is 10.0. The van der Waals surface area contributed by atoms with E-state index in [2.05, 4.69) is 6.58 Å². The van der Waals surface area contributed by atoms with Gasteiger partial charge in [0.2, 0.25) is 5.60 Å². The zero-order valence-corrected chi connectivity index (χ0v) is 11.0. The summed E-state index contributed by atoms with van der Waals surface area (Å²) >= 11 is 0. The van der Waals surface area contributed by atoms with Crippen LogP contribution in [-0.2, 0) is 23.9 Å². The van der Waals surface area contributed by atoms with Crippen LogP contribution in [0.5, 0.6) is 0 Å².